The van der Waals surface area contributed by atoms with Gasteiger partial charge < -0.3 is 10.8 Å². The van der Waals surface area contributed by atoms with Gasteiger partial charge in [0.1, 0.15) is 7.28 Å². The molecular formula is C12H21BNO2. The normalized spacial score (nSPS) is 22.1. The molecular weight excluding hydrogens is 201 g/mol. The zero-order valence-corrected chi connectivity index (χ0v) is 9.98. The first-order valence-electron chi connectivity index (χ1n) is 6.07. The second kappa shape index (κ2) is 6.87. The fourth-order valence-electron chi connectivity index (χ4n) is 1.99. The van der Waals surface area contributed by atoms with Gasteiger partial charge in [0.15, 0.2) is 5.78 Å². The largest absolute Gasteiger partial charge is 0.397 e. The molecule has 4 heteroatoms. The molecule has 1 rings (SSSR count). The Morgan fingerprint density at radius 2 is 2.38 bits per heavy atom. The lowest BCUT2D eigenvalue weighted by molar-refractivity contribution is -0.115. The fourth-order valence-corrected chi connectivity index (χ4v) is 1.99. The third kappa shape index (κ3) is 4.10. The molecule has 0 aliphatic heterocycles. The van der Waals surface area contributed by atoms with Gasteiger partial charge in [0.05, 0.1) is 0 Å². The maximum atomic E-state index is 11.6. The highest BCUT2D eigenvalue weighted by Crippen LogP contribution is 2.26. The maximum Gasteiger partial charge on any atom is 0.159 e. The Balaban J connectivity index is 2.25. The highest BCUT2D eigenvalue weighted by molar-refractivity contribution is 6.35. The molecule has 0 fully saturated rings. The monoisotopic (exact) mass is 222 g/mol. The molecule has 0 aromatic heterocycles. The highest BCUT2D eigenvalue weighted by Gasteiger charge is 2.25. The zero-order chi connectivity index (χ0) is 12.0. The second-order valence-corrected chi connectivity index (χ2v) is 4.54. The van der Waals surface area contributed by atoms with E-state index >= 15 is 0 Å². The first kappa shape index (κ1) is 13.5. The van der Waals surface area contributed by atoms with Gasteiger partial charge in [0.25, 0.3) is 0 Å². The summed E-state index contributed by atoms with van der Waals surface area (Å²) in [6.45, 7) is 2.17. The number of carbonyl (C=O) groups excluding carboxylic acids is 1. The predicted octanol–water partition coefficient (Wildman–Crippen LogP) is 1.16. The van der Waals surface area contributed by atoms with Crippen molar-refractivity contribution in [3.63, 3.8) is 0 Å². The van der Waals surface area contributed by atoms with Crippen LogP contribution in [0.1, 0.15) is 26.2 Å². The number of rotatable bonds is 7. The first-order valence-corrected chi connectivity index (χ1v) is 6.07. The molecule has 0 bridgehead atoms. The molecule has 2 atom stereocenters. The Morgan fingerprint density at radius 3 is 2.94 bits per heavy atom. The predicted molar refractivity (Wildman–Crippen MR) is 66.5 cm³/mol. The number of hydrogen-bond acceptors (Lipinski definition) is 3. The molecule has 0 amide bonds. The summed E-state index contributed by atoms with van der Waals surface area (Å²) in [5.74, 6) is 0.508. The molecule has 1 aliphatic rings. The average molecular weight is 222 g/mol. The van der Waals surface area contributed by atoms with Crippen LogP contribution in [0, 0.1) is 5.92 Å². The number of carbonyl (C=O) groups is 1. The van der Waals surface area contributed by atoms with E-state index in [4.69, 9.17) is 10.8 Å². The van der Waals surface area contributed by atoms with Crippen molar-refractivity contribution in [3.05, 3.63) is 11.6 Å². The topological polar surface area (TPSA) is 63.3 Å². The fraction of sp³-hybridized carbons (Fsp3) is 0.750. The molecule has 0 saturated carbocycles. The van der Waals surface area contributed by atoms with E-state index in [2.05, 4.69) is 13.4 Å². The molecule has 0 aromatic carbocycles. The number of aliphatic hydroxyl groups excluding tert-OH is 1. The van der Waals surface area contributed by atoms with Crippen molar-refractivity contribution in [2.24, 2.45) is 11.7 Å². The Hall–Kier alpha value is -0.605. The lowest BCUT2D eigenvalue weighted by atomic mass is 9.70. The summed E-state index contributed by atoms with van der Waals surface area (Å²) in [6, 6.07) is 0.0717. The molecule has 0 unspecified atom stereocenters. The standard InChI is InChI=1S/C12H21BNO2/c1-9(14)11-7-10(12(16)8-11)3-2-4-13-5-6-15/h7,9,11,15H,2-6,8,14H2,1H3/t9-,11-/m0/s1. The van der Waals surface area contributed by atoms with E-state index in [-0.39, 0.29) is 24.3 Å². The minimum absolute atomic E-state index is 0.0717. The Labute approximate surface area is 98.3 Å². The minimum atomic E-state index is 0.0717. The van der Waals surface area contributed by atoms with Crippen LogP contribution in [0.4, 0.5) is 0 Å². The van der Waals surface area contributed by atoms with Crippen molar-refractivity contribution in [1.82, 2.24) is 0 Å². The molecule has 1 aliphatic carbocycles. The highest BCUT2D eigenvalue weighted by atomic mass is 16.2. The number of Topliss-reactive ketones (excluding diaryl/α,β-unsaturated/α-hetero) is 1. The van der Waals surface area contributed by atoms with Gasteiger partial charge >= 0.3 is 0 Å². The van der Waals surface area contributed by atoms with E-state index in [9.17, 15) is 4.79 Å². The summed E-state index contributed by atoms with van der Waals surface area (Å²) in [5.41, 5.74) is 6.74. The molecule has 0 spiro atoms. The third-order valence-electron chi connectivity index (χ3n) is 3.06. The van der Waals surface area contributed by atoms with Crippen LogP contribution in [0.5, 0.6) is 0 Å². The van der Waals surface area contributed by atoms with Crippen LogP contribution in [-0.2, 0) is 4.79 Å². The average Bonchev–Trinajstić information content (AvgIpc) is 2.60. The van der Waals surface area contributed by atoms with Crippen molar-refractivity contribution in [1.29, 1.82) is 0 Å². The molecule has 89 valence electrons. The lowest BCUT2D eigenvalue weighted by Gasteiger charge is -2.09. The van der Waals surface area contributed by atoms with E-state index in [1.54, 1.807) is 0 Å². The van der Waals surface area contributed by atoms with Gasteiger partial charge in [-0.05, 0) is 24.8 Å². The Bertz CT molecular complexity index is 264. The number of hydrogen-bond donors (Lipinski definition) is 2. The zero-order valence-electron chi connectivity index (χ0n) is 9.98. The van der Waals surface area contributed by atoms with Crippen molar-refractivity contribution < 1.29 is 9.90 Å². The molecule has 0 heterocycles. The lowest BCUT2D eigenvalue weighted by Crippen LogP contribution is -2.24. The summed E-state index contributed by atoms with van der Waals surface area (Å²) >= 11 is 0. The van der Waals surface area contributed by atoms with Gasteiger partial charge in [-0.3, -0.25) is 4.79 Å². The van der Waals surface area contributed by atoms with Crippen LogP contribution in [-0.4, -0.2) is 30.8 Å². The van der Waals surface area contributed by atoms with E-state index in [0.29, 0.717) is 6.42 Å². The van der Waals surface area contributed by atoms with E-state index in [1.807, 2.05) is 6.92 Å². The van der Waals surface area contributed by atoms with Crippen molar-refractivity contribution in [3.8, 4) is 0 Å². The summed E-state index contributed by atoms with van der Waals surface area (Å²) in [5, 5.41) is 8.60. The van der Waals surface area contributed by atoms with Gasteiger partial charge in [-0.25, -0.2) is 0 Å². The molecule has 3 nitrogen and oxygen atoms in total. The number of aliphatic hydroxyl groups is 1. The van der Waals surface area contributed by atoms with E-state index in [1.165, 1.54) is 0 Å². The molecule has 3 N–H and O–H groups in total. The van der Waals surface area contributed by atoms with Crippen molar-refractivity contribution >= 4 is 13.1 Å². The number of allylic oxidation sites excluding steroid dienone is 1. The van der Waals surface area contributed by atoms with Crippen LogP contribution in [0.3, 0.4) is 0 Å². The van der Waals surface area contributed by atoms with Gasteiger partial charge in [-0.1, -0.05) is 25.1 Å². The first-order chi connectivity index (χ1) is 7.65. The number of nitrogens with two attached hydrogens (primary N) is 1. The number of ketones is 1. The second-order valence-electron chi connectivity index (χ2n) is 4.54. The summed E-state index contributed by atoms with van der Waals surface area (Å²) in [4.78, 5) is 11.6. The van der Waals surface area contributed by atoms with E-state index < -0.39 is 0 Å². The van der Waals surface area contributed by atoms with Gasteiger partial charge in [-0.2, -0.15) is 0 Å². The van der Waals surface area contributed by atoms with Crippen molar-refractivity contribution in [2.45, 2.75) is 44.9 Å². The van der Waals surface area contributed by atoms with Crippen LogP contribution < -0.4 is 5.73 Å². The quantitative estimate of drug-likeness (QED) is 0.502. The molecule has 0 saturated heterocycles. The summed E-state index contributed by atoms with van der Waals surface area (Å²) in [6.07, 6.45) is 6.20. The molecule has 16 heavy (non-hydrogen) atoms. The maximum absolute atomic E-state index is 11.6. The summed E-state index contributed by atoms with van der Waals surface area (Å²) < 4.78 is 0. The molecule has 1 radical (unpaired) electrons. The van der Waals surface area contributed by atoms with Crippen molar-refractivity contribution in [2.75, 3.05) is 6.61 Å². The van der Waals surface area contributed by atoms with Crippen LogP contribution in [0.25, 0.3) is 0 Å². The van der Waals surface area contributed by atoms with Gasteiger partial charge in [0, 0.05) is 19.1 Å². The Kier molecular flexibility index (Phi) is 5.78. The minimum Gasteiger partial charge on any atom is -0.397 e. The van der Waals surface area contributed by atoms with Crippen LogP contribution in [0.2, 0.25) is 12.6 Å². The van der Waals surface area contributed by atoms with Crippen LogP contribution in [0.15, 0.2) is 11.6 Å². The third-order valence-corrected chi connectivity index (χ3v) is 3.06. The SMILES string of the molecule is C[C@H](N)[C@H]1C=C(CCC[B]CCO)C(=O)C1. The Morgan fingerprint density at radius 1 is 1.62 bits per heavy atom. The summed E-state index contributed by atoms with van der Waals surface area (Å²) in [7, 11) is 2.07. The van der Waals surface area contributed by atoms with Gasteiger partial charge in [0.2, 0.25) is 0 Å². The van der Waals surface area contributed by atoms with Gasteiger partial charge in [-0.15, -0.1) is 0 Å². The van der Waals surface area contributed by atoms with Crippen LogP contribution >= 0.6 is 0 Å². The molecule has 0 aromatic rings. The van der Waals surface area contributed by atoms with E-state index in [0.717, 1.165) is 31.1 Å². The smallest absolute Gasteiger partial charge is 0.159 e.